The van der Waals surface area contributed by atoms with Crippen molar-refractivity contribution in [2.75, 3.05) is 0 Å². The van der Waals surface area contributed by atoms with Crippen LogP contribution in [0.4, 0.5) is 0 Å². The summed E-state index contributed by atoms with van der Waals surface area (Å²) in [5.41, 5.74) is 2.29. The van der Waals surface area contributed by atoms with Crippen LogP contribution in [0.25, 0.3) is 0 Å². The normalized spacial score (nSPS) is 24.1. The van der Waals surface area contributed by atoms with Gasteiger partial charge in [0.05, 0.1) is 5.54 Å². The highest BCUT2D eigenvalue weighted by Crippen LogP contribution is 2.33. The van der Waals surface area contributed by atoms with Gasteiger partial charge in [-0.2, -0.15) is 4.99 Å². The quantitative estimate of drug-likeness (QED) is 0.558. The van der Waals surface area contributed by atoms with Gasteiger partial charge < -0.3 is 0 Å². The molecule has 0 N–H and O–H groups in total. The van der Waals surface area contributed by atoms with E-state index < -0.39 is 0 Å². The molecule has 1 atom stereocenters. The van der Waals surface area contributed by atoms with Crippen molar-refractivity contribution in [2.45, 2.75) is 25.3 Å². The Hall–Kier alpha value is -0.920. The first-order chi connectivity index (χ1) is 6.63. The molecule has 0 amide bonds. The second-order valence-electron chi connectivity index (χ2n) is 3.97. The average Bonchev–Trinajstić information content (AvgIpc) is 2.40. The van der Waals surface area contributed by atoms with E-state index in [1.807, 2.05) is 13.0 Å². The topological polar surface area (TPSA) is 29.4 Å². The molecule has 0 spiro atoms. The highest BCUT2D eigenvalue weighted by atomic mass is 79.9. The monoisotopic (exact) mass is 251 g/mol. The number of aliphatic imine (C=N–C) groups is 1. The van der Waals surface area contributed by atoms with E-state index in [0.717, 1.165) is 17.3 Å². The zero-order valence-corrected chi connectivity index (χ0v) is 9.47. The Morgan fingerprint density at radius 3 is 2.86 bits per heavy atom. The average molecular weight is 252 g/mol. The highest BCUT2D eigenvalue weighted by Gasteiger charge is 2.32. The lowest BCUT2D eigenvalue weighted by Gasteiger charge is -2.13. The Morgan fingerprint density at radius 1 is 1.43 bits per heavy atom. The van der Waals surface area contributed by atoms with Crippen LogP contribution >= 0.6 is 15.9 Å². The molecule has 0 saturated heterocycles. The Labute approximate surface area is 91.2 Å². The number of rotatable bonds is 1. The van der Waals surface area contributed by atoms with Gasteiger partial charge in [0.25, 0.3) is 0 Å². The molecule has 1 aliphatic rings. The van der Waals surface area contributed by atoms with Gasteiger partial charge in [-0.15, -0.1) is 0 Å². The van der Waals surface area contributed by atoms with E-state index in [0.29, 0.717) is 0 Å². The van der Waals surface area contributed by atoms with Crippen molar-refractivity contribution in [3.8, 4) is 0 Å². The molecule has 1 unspecified atom stereocenters. The molecule has 0 aromatic heterocycles. The van der Waals surface area contributed by atoms with Crippen molar-refractivity contribution in [1.82, 2.24) is 0 Å². The van der Waals surface area contributed by atoms with Crippen molar-refractivity contribution in [3.63, 3.8) is 0 Å². The molecule has 14 heavy (non-hydrogen) atoms. The highest BCUT2D eigenvalue weighted by molar-refractivity contribution is 9.10. The molecule has 0 saturated carbocycles. The molecular formula is C11H10BrNO. The van der Waals surface area contributed by atoms with E-state index in [4.69, 9.17) is 0 Å². The Bertz CT molecular complexity index is 423. The summed E-state index contributed by atoms with van der Waals surface area (Å²) in [5, 5.41) is 0. The van der Waals surface area contributed by atoms with Crippen LogP contribution in [0, 0.1) is 0 Å². The number of fused-ring (bicyclic) bond motifs is 1. The summed E-state index contributed by atoms with van der Waals surface area (Å²) in [6, 6.07) is 6.21. The minimum Gasteiger partial charge on any atom is -0.211 e. The number of hydrogen-bond acceptors (Lipinski definition) is 2. The van der Waals surface area contributed by atoms with Gasteiger partial charge in [0.2, 0.25) is 6.08 Å². The molecule has 0 bridgehead atoms. The molecule has 1 aliphatic carbocycles. The van der Waals surface area contributed by atoms with Crippen molar-refractivity contribution >= 4 is 22.0 Å². The largest absolute Gasteiger partial charge is 0.235 e. The number of nitrogens with zero attached hydrogens (tertiary/aromatic N) is 1. The SMILES string of the molecule is CC1(N=C=O)Cc2ccc(Br)cc2C1. The summed E-state index contributed by atoms with van der Waals surface area (Å²) in [5.74, 6) is 0. The van der Waals surface area contributed by atoms with Crippen LogP contribution in [-0.2, 0) is 17.6 Å². The minimum absolute atomic E-state index is 0.273. The molecule has 72 valence electrons. The number of isocyanates is 1. The molecule has 2 rings (SSSR count). The molecular weight excluding hydrogens is 242 g/mol. The van der Waals surface area contributed by atoms with Gasteiger partial charge in [0.1, 0.15) is 0 Å². The third kappa shape index (κ3) is 1.66. The summed E-state index contributed by atoms with van der Waals surface area (Å²) < 4.78 is 1.08. The Kier molecular flexibility index (Phi) is 2.30. The first-order valence-corrected chi connectivity index (χ1v) is 5.29. The van der Waals surface area contributed by atoms with Gasteiger partial charge in [-0.1, -0.05) is 22.0 Å². The third-order valence-corrected chi connectivity index (χ3v) is 3.12. The molecule has 0 radical (unpaired) electrons. The predicted octanol–water partition coefficient (Wildman–Crippen LogP) is 2.64. The minimum atomic E-state index is -0.273. The Balaban J connectivity index is 2.38. The smallest absolute Gasteiger partial charge is 0.211 e. The zero-order valence-electron chi connectivity index (χ0n) is 7.88. The van der Waals surface area contributed by atoms with E-state index in [2.05, 4.69) is 33.1 Å². The summed E-state index contributed by atoms with van der Waals surface area (Å²) in [6.07, 6.45) is 3.33. The van der Waals surface area contributed by atoms with Gasteiger partial charge in [-0.25, -0.2) is 4.79 Å². The second-order valence-corrected chi connectivity index (χ2v) is 4.88. The van der Waals surface area contributed by atoms with Crippen LogP contribution in [0.2, 0.25) is 0 Å². The number of hydrogen-bond donors (Lipinski definition) is 0. The van der Waals surface area contributed by atoms with Crippen LogP contribution < -0.4 is 0 Å². The first-order valence-electron chi connectivity index (χ1n) is 4.49. The van der Waals surface area contributed by atoms with Crippen molar-refractivity contribution < 1.29 is 4.79 Å². The molecule has 0 fully saturated rings. The fraction of sp³-hybridized carbons (Fsp3) is 0.364. The maximum Gasteiger partial charge on any atom is 0.235 e. The second kappa shape index (κ2) is 3.34. The fourth-order valence-corrected chi connectivity index (χ4v) is 2.41. The molecule has 0 heterocycles. The molecule has 1 aromatic rings. The zero-order chi connectivity index (χ0) is 10.2. The van der Waals surface area contributed by atoms with E-state index in [-0.39, 0.29) is 5.54 Å². The molecule has 0 aliphatic heterocycles. The van der Waals surface area contributed by atoms with Gasteiger partial charge in [-0.3, -0.25) is 0 Å². The molecule has 3 heteroatoms. The van der Waals surface area contributed by atoms with Gasteiger partial charge in [0, 0.05) is 4.47 Å². The summed E-state index contributed by atoms with van der Waals surface area (Å²) in [7, 11) is 0. The van der Waals surface area contributed by atoms with E-state index in [1.165, 1.54) is 11.1 Å². The number of carbonyl (C=O) groups excluding carboxylic acids is 1. The summed E-state index contributed by atoms with van der Waals surface area (Å²) >= 11 is 3.43. The van der Waals surface area contributed by atoms with Crippen molar-refractivity contribution in [3.05, 3.63) is 33.8 Å². The standard InChI is InChI=1S/C11H10BrNO/c1-11(13-7-14)5-8-2-3-10(12)4-9(8)6-11/h2-4H,5-6H2,1H3. The number of halogens is 1. The van der Waals surface area contributed by atoms with E-state index >= 15 is 0 Å². The van der Waals surface area contributed by atoms with Crippen molar-refractivity contribution in [2.24, 2.45) is 4.99 Å². The summed E-state index contributed by atoms with van der Waals surface area (Å²) in [4.78, 5) is 14.2. The number of benzene rings is 1. The van der Waals surface area contributed by atoms with Crippen LogP contribution in [0.3, 0.4) is 0 Å². The van der Waals surface area contributed by atoms with Crippen LogP contribution in [-0.4, -0.2) is 11.6 Å². The van der Waals surface area contributed by atoms with Gasteiger partial charge in [0.15, 0.2) is 0 Å². The lowest BCUT2D eigenvalue weighted by Crippen LogP contribution is -2.21. The van der Waals surface area contributed by atoms with E-state index in [1.54, 1.807) is 6.08 Å². The van der Waals surface area contributed by atoms with Crippen LogP contribution in [0.15, 0.2) is 27.7 Å². The maximum absolute atomic E-state index is 10.3. The third-order valence-electron chi connectivity index (χ3n) is 2.63. The van der Waals surface area contributed by atoms with Crippen LogP contribution in [0.1, 0.15) is 18.1 Å². The fourth-order valence-electron chi connectivity index (χ4n) is 2.00. The molecule has 2 nitrogen and oxygen atoms in total. The maximum atomic E-state index is 10.3. The molecule has 1 aromatic carbocycles. The van der Waals surface area contributed by atoms with Gasteiger partial charge >= 0.3 is 0 Å². The van der Waals surface area contributed by atoms with Crippen LogP contribution in [0.5, 0.6) is 0 Å². The van der Waals surface area contributed by atoms with E-state index in [9.17, 15) is 4.79 Å². The lowest BCUT2D eigenvalue weighted by molar-refractivity contribution is 0.487. The predicted molar refractivity (Wildman–Crippen MR) is 58.1 cm³/mol. The Morgan fingerprint density at radius 2 is 2.14 bits per heavy atom. The lowest BCUT2D eigenvalue weighted by atomic mass is 10.0. The summed E-state index contributed by atoms with van der Waals surface area (Å²) in [6.45, 7) is 1.99. The van der Waals surface area contributed by atoms with Gasteiger partial charge in [-0.05, 0) is 43.0 Å². The van der Waals surface area contributed by atoms with Crippen molar-refractivity contribution in [1.29, 1.82) is 0 Å². The first kappa shape index (κ1) is 9.63.